The largest absolute Gasteiger partial charge is 0.330 e. The minimum atomic E-state index is 0.00769. The second-order valence-electron chi connectivity index (χ2n) is 3.21. The van der Waals surface area contributed by atoms with Crippen molar-refractivity contribution in [1.29, 1.82) is 0 Å². The van der Waals surface area contributed by atoms with Crippen LogP contribution < -0.4 is 5.32 Å². The maximum absolute atomic E-state index is 11.7. The zero-order chi connectivity index (χ0) is 9.68. The van der Waals surface area contributed by atoms with Crippen molar-refractivity contribution in [2.45, 2.75) is 25.8 Å². The molecule has 0 radical (unpaired) electrons. The zero-order valence-corrected chi connectivity index (χ0v) is 8.05. The van der Waals surface area contributed by atoms with Gasteiger partial charge in [0.1, 0.15) is 0 Å². The van der Waals surface area contributed by atoms with Crippen molar-refractivity contribution in [3.8, 4) is 12.3 Å². The van der Waals surface area contributed by atoms with Gasteiger partial charge < -0.3 is 10.2 Å². The molecule has 1 aliphatic heterocycles. The molecule has 13 heavy (non-hydrogen) atoms. The molecule has 0 aliphatic carbocycles. The first-order valence-electron chi connectivity index (χ1n) is 4.75. The van der Waals surface area contributed by atoms with Gasteiger partial charge in [-0.15, -0.1) is 6.42 Å². The summed E-state index contributed by atoms with van der Waals surface area (Å²) >= 11 is 0. The van der Waals surface area contributed by atoms with Gasteiger partial charge in [-0.05, 0) is 26.3 Å². The summed E-state index contributed by atoms with van der Waals surface area (Å²) in [5, 5.41) is 3.17. The van der Waals surface area contributed by atoms with Crippen molar-refractivity contribution in [2.75, 3.05) is 19.6 Å². The molecule has 1 fully saturated rings. The van der Waals surface area contributed by atoms with Crippen molar-refractivity contribution in [3.63, 3.8) is 0 Å². The Labute approximate surface area is 79.5 Å². The molecule has 0 aromatic heterocycles. The molecule has 1 amide bonds. The number of carbonyl (C=O) groups excluding carboxylic acids is 1. The second kappa shape index (κ2) is 4.88. The molecule has 1 aliphatic rings. The Morgan fingerprint density at radius 1 is 1.77 bits per heavy atom. The number of rotatable bonds is 3. The minimum absolute atomic E-state index is 0.00769. The number of nitrogens with zero attached hydrogens (tertiary/aromatic N) is 1. The van der Waals surface area contributed by atoms with E-state index in [1.165, 1.54) is 0 Å². The highest BCUT2D eigenvalue weighted by Crippen LogP contribution is 2.08. The number of nitrogens with one attached hydrogen (secondary N) is 1. The molecular weight excluding hydrogens is 164 g/mol. The third kappa shape index (κ3) is 2.46. The van der Waals surface area contributed by atoms with Crippen LogP contribution in [-0.4, -0.2) is 36.5 Å². The molecule has 1 unspecified atom stereocenters. The SMILES string of the molecule is C#CCN(CC)C(=O)C1CCCN1. The molecule has 0 saturated carbocycles. The molecule has 0 spiro atoms. The van der Waals surface area contributed by atoms with E-state index >= 15 is 0 Å². The van der Waals surface area contributed by atoms with E-state index in [9.17, 15) is 4.79 Å². The molecule has 1 rings (SSSR count). The summed E-state index contributed by atoms with van der Waals surface area (Å²) in [6.07, 6.45) is 7.21. The van der Waals surface area contributed by atoms with Gasteiger partial charge in [0.05, 0.1) is 12.6 Å². The summed E-state index contributed by atoms with van der Waals surface area (Å²) in [7, 11) is 0. The molecule has 1 atom stereocenters. The number of hydrogen-bond donors (Lipinski definition) is 1. The summed E-state index contributed by atoms with van der Waals surface area (Å²) in [6, 6.07) is 0.00769. The predicted molar refractivity (Wildman–Crippen MR) is 52.1 cm³/mol. The average Bonchev–Trinajstić information content (AvgIpc) is 2.65. The van der Waals surface area contributed by atoms with Gasteiger partial charge >= 0.3 is 0 Å². The van der Waals surface area contributed by atoms with Gasteiger partial charge in [0.25, 0.3) is 0 Å². The Morgan fingerprint density at radius 3 is 3.00 bits per heavy atom. The van der Waals surface area contributed by atoms with Crippen LogP contribution in [0.5, 0.6) is 0 Å². The Hall–Kier alpha value is -1.01. The average molecular weight is 180 g/mol. The highest BCUT2D eigenvalue weighted by atomic mass is 16.2. The summed E-state index contributed by atoms with van der Waals surface area (Å²) in [5.41, 5.74) is 0. The van der Waals surface area contributed by atoms with Crippen molar-refractivity contribution < 1.29 is 4.79 Å². The quantitative estimate of drug-likeness (QED) is 0.630. The fourth-order valence-corrected chi connectivity index (χ4v) is 1.57. The van der Waals surface area contributed by atoms with Crippen molar-refractivity contribution in [3.05, 3.63) is 0 Å². The van der Waals surface area contributed by atoms with Crippen LogP contribution in [0.1, 0.15) is 19.8 Å². The van der Waals surface area contributed by atoms with Crippen LogP contribution in [0, 0.1) is 12.3 Å². The molecule has 3 heteroatoms. The minimum Gasteiger partial charge on any atom is -0.330 e. The maximum atomic E-state index is 11.7. The number of hydrogen-bond acceptors (Lipinski definition) is 2. The van der Waals surface area contributed by atoms with Crippen LogP contribution >= 0.6 is 0 Å². The Morgan fingerprint density at radius 2 is 2.54 bits per heavy atom. The summed E-state index contributed by atoms with van der Waals surface area (Å²) in [6.45, 7) is 4.02. The van der Waals surface area contributed by atoms with Crippen LogP contribution in [0.15, 0.2) is 0 Å². The molecule has 3 nitrogen and oxygen atoms in total. The lowest BCUT2D eigenvalue weighted by Gasteiger charge is -2.21. The lowest BCUT2D eigenvalue weighted by atomic mass is 10.2. The van der Waals surface area contributed by atoms with Gasteiger partial charge in [-0.25, -0.2) is 0 Å². The van der Waals surface area contributed by atoms with E-state index < -0.39 is 0 Å². The fourth-order valence-electron chi connectivity index (χ4n) is 1.57. The second-order valence-corrected chi connectivity index (χ2v) is 3.21. The van der Waals surface area contributed by atoms with Gasteiger partial charge in [-0.2, -0.15) is 0 Å². The lowest BCUT2D eigenvalue weighted by Crippen LogP contribution is -2.43. The molecule has 72 valence electrons. The Balaban J connectivity index is 2.48. The van der Waals surface area contributed by atoms with E-state index in [1.54, 1.807) is 4.90 Å². The van der Waals surface area contributed by atoms with Crippen molar-refractivity contribution in [1.82, 2.24) is 10.2 Å². The Bertz CT molecular complexity index is 213. The Kier molecular flexibility index (Phi) is 3.78. The summed E-state index contributed by atoms with van der Waals surface area (Å²) in [5.74, 6) is 2.65. The third-order valence-electron chi connectivity index (χ3n) is 2.33. The number of terminal acetylenes is 1. The standard InChI is InChI=1S/C10H16N2O/c1-3-8-12(4-2)10(13)9-6-5-7-11-9/h1,9,11H,4-8H2,2H3. The van der Waals surface area contributed by atoms with E-state index in [-0.39, 0.29) is 11.9 Å². The molecule has 1 N–H and O–H groups in total. The van der Waals surface area contributed by atoms with Crippen LogP contribution in [0.2, 0.25) is 0 Å². The highest BCUT2D eigenvalue weighted by Gasteiger charge is 2.25. The normalized spacial score (nSPS) is 21.1. The van der Waals surface area contributed by atoms with Gasteiger partial charge in [0.15, 0.2) is 0 Å². The fraction of sp³-hybridized carbons (Fsp3) is 0.700. The highest BCUT2D eigenvalue weighted by molar-refractivity contribution is 5.82. The van der Waals surface area contributed by atoms with Crippen molar-refractivity contribution >= 4 is 5.91 Å². The molecule has 1 saturated heterocycles. The topological polar surface area (TPSA) is 32.3 Å². The first kappa shape index (κ1) is 10.1. The van der Waals surface area contributed by atoms with E-state index in [0.717, 1.165) is 19.4 Å². The molecule has 0 aromatic carbocycles. The number of likely N-dealkylation sites (N-methyl/N-ethyl adjacent to an activating group) is 1. The lowest BCUT2D eigenvalue weighted by molar-refractivity contribution is -0.132. The monoisotopic (exact) mass is 180 g/mol. The molecular formula is C10H16N2O. The first-order valence-corrected chi connectivity index (χ1v) is 4.75. The van der Waals surface area contributed by atoms with Gasteiger partial charge in [-0.1, -0.05) is 5.92 Å². The maximum Gasteiger partial charge on any atom is 0.240 e. The smallest absolute Gasteiger partial charge is 0.240 e. The van der Waals surface area contributed by atoms with Crippen LogP contribution in [0.4, 0.5) is 0 Å². The predicted octanol–water partition coefficient (Wildman–Crippen LogP) is 0.220. The van der Waals surface area contributed by atoms with Crippen molar-refractivity contribution in [2.24, 2.45) is 0 Å². The number of amides is 1. The van der Waals surface area contributed by atoms with E-state index in [0.29, 0.717) is 13.1 Å². The van der Waals surface area contributed by atoms with Crippen LogP contribution in [0.25, 0.3) is 0 Å². The zero-order valence-electron chi connectivity index (χ0n) is 8.05. The van der Waals surface area contributed by atoms with Gasteiger partial charge in [0, 0.05) is 6.54 Å². The van der Waals surface area contributed by atoms with Crippen LogP contribution in [-0.2, 0) is 4.79 Å². The molecule has 0 aromatic rings. The molecule has 0 bridgehead atoms. The van der Waals surface area contributed by atoms with E-state index in [1.807, 2.05) is 6.92 Å². The van der Waals surface area contributed by atoms with Gasteiger partial charge in [0.2, 0.25) is 5.91 Å². The van der Waals surface area contributed by atoms with Gasteiger partial charge in [-0.3, -0.25) is 4.79 Å². The summed E-state index contributed by atoms with van der Waals surface area (Å²) < 4.78 is 0. The van der Waals surface area contributed by atoms with Crippen LogP contribution in [0.3, 0.4) is 0 Å². The first-order chi connectivity index (χ1) is 6.29. The third-order valence-corrected chi connectivity index (χ3v) is 2.33. The van der Waals surface area contributed by atoms with E-state index in [2.05, 4.69) is 11.2 Å². The summed E-state index contributed by atoms with van der Waals surface area (Å²) in [4.78, 5) is 13.4. The molecule has 1 heterocycles. The number of carbonyl (C=O) groups is 1. The van der Waals surface area contributed by atoms with E-state index in [4.69, 9.17) is 6.42 Å².